The highest BCUT2D eigenvalue weighted by Gasteiger charge is 2.33. The lowest BCUT2D eigenvalue weighted by atomic mass is 10.0. The summed E-state index contributed by atoms with van der Waals surface area (Å²) in [6.45, 7) is 6.15. The standard InChI is InChI=1S/C12H23N3O4/c1-7(2)10(14-12(13)18)11(17)15-4-8(3)19-9(5-15)6-16/h7-10,16H,4-6H2,1-3H3,(H3,13,14,18). The molecule has 0 radical (unpaired) electrons. The van der Waals surface area contributed by atoms with E-state index in [1.807, 2.05) is 20.8 Å². The van der Waals surface area contributed by atoms with Crippen LogP contribution in [0.1, 0.15) is 20.8 Å². The minimum Gasteiger partial charge on any atom is -0.394 e. The number of carbonyl (C=O) groups excluding carboxylic acids is 2. The minimum atomic E-state index is -0.716. The third-order valence-electron chi connectivity index (χ3n) is 3.07. The Morgan fingerprint density at radius 2 is 2.11 bits per heavy atom. The number of ether oxygens (including phenoxy) is 1. The molecule has 0 saturated carbocycles. The second-order valence-corrected chi connectivity index (χ2v) is 5.22. The SMILES string of the molecule is CC1CN(C(=O)C(NC(N)=O)C(C)C)CC(CO)O1. The molecule has 7 heteroatoms. The molecule has 3 atom stereocenters. The van der Waals surface area contributed by atoms with Crippen LogP contribution in [-0.4, -0.2) is 59.9 Å². The van der Waals surface area contributed by atoms with Gasteiger partial charge in [0.25, 0.3) is 0 Å². The molecule has 3 amide bonds. The number of primary amides is 1. The zero-order valence-corrected chi connectivity index (χ0v) is 11.6. The lowest BCUT2D eigenvalue weighted by Crippen LogP contribution is -2.58. The molecule has 110 valence electrons. The van der Waals surface area contributed by atoms with Gasteiger partial charge >= 0.3 is 6.03 Å². The average molecular weight is 273 g/mol. The maximum atomic E-state index is 12.4. The van der Waals surface area contributed by atoms with E-state index < -0.39 is 12.1 Å². The van der Waals surface area contributed by atoms with Gasteiger partial charge in [0.15, 0.2) is 0 Å². The lowest BCUT2D eigenvalue weighted by molar-refractivity contribution is -0.149. The van der Waals surface area contributed by atoms with E-state index in [2.05, 4.69) is 5.32 Å². The smallest absolute Gasteiger partial charge is 0.312 e. The van der Waals surface area contributed by atoms with Gasteiger partial charge in [0, 0.05) is 13.1 Å². The van der Waals surface area contributed by atoms with Crippen molar-refractivity contribution in [3.05, 3.63) is 0 Å². The van der Waals surface area contributed by atoms with Crippen molar-refractivity contribution >= 4 is 11.9 Å². The Bertz CT molecular complexity index is 335. The van der Waals surface area contributed by atoms with Gasteiger partial charge in [0.2, 0.25) is 5.91 Å². The number of amides is 3. The first kappa shape index (κ1) is 15.7. The molecule has 1 aliphatic rings. The summed E-state index contributed by atoms with van der Waals surface area (Å²) in [5, 5.41) is 11.6. The Morgan fingerprint density at radius 3 is 2.58 bits per heavy atom. The molecule has 19 heavy (non-hydrogen) atoms. The molecule has 0 spiro atoms. The molecule has 1 saturated heterocycles. The number of carbonyl (C=O) groups is 2. The number of aliphatic hydroxyl groups is 1. The van der Waals surface area contributed by atoms with Gasteiger partial charge in [0.1, 0.15) is 6.04 Å². The number of rotatable bonds is 4. The molecule has 1 aliphatic heterocycles. The highest BCUT2D eigenvalue weighted by molar-refractivity contribution is 5.87. The Morgan fingerprint density at radius 1 is 1.47 bits per heavy atom. The minimum absolute atomic E-state index is 0.0641. The molecule has 1 heterocycles. The van der Waals surface area contributed by atoms with Crippen molar-refractivity contribution in [2.75, 3.05) is 19.7 Å². The van der Waals surface area contributed by atoms with E-state index in [9.17, 15) is 9.59 Å². The predicted octanol–water partition coefficient (Wildman–Crippen LogP) is -0.712. The number of aliphatic hydroxyl groups excluding tert-OH is 1. The predicted molar refractivity (Wildman–Crippen MR) is 69.3 cm³/mol. The molecule has 4 N–H and O–H groups in total. The zero-order chi connectivity index (χ0) is 14.6. The van der Waals surface area contributed by atoms with Crippen molar-refractivity contribution in [3.63, 3.8) is 0 Å². The summed E-state index contributed by atoms with van der Waals surface area (Å²) >= 11 is 0. The summed E-state index contributed by atoms with van der Waals surface area (Å²) in [7, 11) is 0. The van der Waals surface area contributed by atoms with Crippen molar-refractivity contribution in [2.24, 2.45) is 11.7 Å². The van der Waals surface area contributed by atoms with Gasteiger partial charge in [-0.1, -0.05) is 13.8 Å². The highest BCUT2D eigenvalue weighted by Crippen LogP contribution is 2.14. The normalized spacial score (nSPS) is 25.2. The van der Waals surface area contributed by atoms with E-state index in [1.165, 1.54) is 0 Å². The van der Waals surface area contributed by atoms with Crippen LogP contribution in [0.2, 0.25) is 0 Å². The first-order chi connectivity index (χ1) is 8.85. The second-order valence-electron chi connectivity index (χ2n) is 5.22. The van der Waals surface area contributed by atoms with Crippen molar-refractivity contribution < 1.29 is 19.4 Å². The van der Waals surface area contributed by atoms with Gasteiger partial charge < -0.3 is 25.8 Å². The molecule has 0 aliphatic carbocycles. The molecular formula is C12H23N3O4. The third kappa shape index (κ3) is 4.36. The number of nitrogens with one attached hydrogen (secondary N) is 1. The molecule has 0 bridgehead atoms. The molecule has 1 fully saturated rings. The molecular weight excluding hydrogens is 250 g/mol. The van der Waals surface area contributed by atoms with Crippen LogP contribution in [0.3, 0.4) is 0 Å². The second kappa shape index (κ2) is 6.72. The summed E-state index contributed by atoms with van der Waals surface area (Å²) in [6, 6.07) is -1.37. The van der Waals surface area contributed by atoms with E-state index in [4.69, 9.17) is 15.6 Å². The first-order valence-corrected chi connectivity index (χ1v) is 6.46. The van der Waals surface area contributed by atoms with Crippen molar-refractivity contribution in [1.29, 1.82) is 0 Å². The maximum Gasteiger partial charge on any atom is 0.312 e. The number of urea groups is 1. The number of hydrogen-bond acceptors (Lipinski definition) is 4. The van der Waals surface area contributed by atoms with Crippen LogP contribution in [0.25, 0.3) is 0 Å². The fraction of sp³-hybridized carbons (Fsp3) is 0.833. The first-order valence-electron chi connectivity index (χ1n) is 6.46. The van der Waals surface area contributed by atoms with Gasteiger partial charge in [-0.3, -0.25) is 4.79 Å². The van der Waals surface area contributed by atoms with E-state index >= 15 is 0 Å². The van der Waals surface area contributed by atoms with Crippen molar-refractivity contribution in [3.8, 4) is 0 Å². The molecule has 7 nitrogen and oxygen atoms in total. The van der Waals surface area contributed by atoms with Crippen LogP contribution < -0.4 is 11.1 Å². The number of morpholine rings is 1. The summed E-state index contributed by atoms with van der Waals surface area (Å²) in [5.74, 6) is -0.256. The zero-order valence-electron chi connectivity index (χ0n) is 11.6. The van der Waals surface area contributed by atoms with E-state index in [0.717, 1.165) is 0 Å². The fourth-order valence-electron chi connectivity index (χ4n) is 2.19. The van der Waals surface area contributed by atoms with Crippen molar-refractivity contribution in [2.45, 2.75) is 39.0 Å². The van der Waals surface area contributed by atoms with Crippen LogP contribution >= 0.6 is 0 Å². The van der Waals surface area contributed by atoms with Crippen molar-refractivity contribution in [1.82, 2.24) is 10.2 Å². The Balaban J connectivity index is 2.75. The summed E-state index contributed by atoms with van der Waals surface area (Å²) < 4.78 is 5.48. The van der Waals surface area contributed by atoms with Crippen LogP contribution in [0.5, 0.6) is 0 Å². The van der Waals surface area contributed by atoms with Gasteiger partial charge in [0.05, 0.1) is 18.8 Å². The quantitative estimate of drug-likeness (QED) is 0.629. The molecule has 0 aromatic carbocycles. The van der Waals surface area contributed by atoms with Gasteiger partial charge in [-0.25, -0.2) is 4.79 Å². The van der Waals surface area contributed by atoms with E-state index in [1.54, 1.807) is 4.90 Å². The molecule has 0 aromatic rings. The van der Waals surface area contributed by atoms with Crippen LogP contribution in [0.4, 0.5) is 4.79 Å². The monoisotopic (exact) mass is 273 g/mol. The molecule has 3 unspecified atom stereocenters. The Hall–Kier alpha value is -1.34. The topological polar surface area (TPSA) is 105 Å². The number of nitrogens with two attached hydrogens (primary N) is 1. The summed E-state index contributed by atoms with van der Waals surface area (Å²) in [6.07, 6.45) is -0.523. The summed E-state index contributed by atoms with van der Waals surface area (Å²) in [4.78, 5) is 25.0. The van der Waals surface area contributed by atoms with Gasteiger partial charge in [-0.05, 0) is 12.8 Å². The van der Waals surface area contributed by atoms with Crippen LogP contribution in [0.15, 0.2) is 0 Å². The van der Waals surface area contributed by atoms with Crippen LogP contribution in [0, 0.1) is 5.92 Å². The van der Waals surface area contributed by atoms with Crippen LogP contribution in [-0.2, 0) is 9.53 Å². The molecule has 0 aromatic heterocycles. The fourth-order valence-corrected chi connectivity index (χ4v) is 2.19. The number of nitrogens with zero attached hydrogens (tertiary/aromatic N) is 1. The molecule has 1 rings (SSSR count). The Kier molecular flexibility index (Phi) is 5.56. The van der Waals surface area contributed by atoms with Gasteiger partial charge in [-0.2, -0.15) is 0 Å². The summed E-state index contributed by atoms with van der Waals surface area (Å²) in [5.41, 5.74) is 5.09. The van der Waals surface area contributed by atoms with Gasteiger partial charge in [-0.15, -0.1) is 0 Å². The highest BCUT2D eigenvalue weighted by atomic mass is 16.5. The lowest BCUT2D eigenvalue weighted by Gasteiger charge is -2.38. The average Bonchev–Trinajstić information content (AvgIpc) is 2.33. The largest absolute Gasteiger partial charge is 0.394 e. The van der Waals surface area contributed by atoms with E-state index in [0.29, 0.717) is 13.1 Å². The Labute approximate surface area is 113 Å². The maximum absolute atomic E-state index is 12.4. The third-order valence-corrected chi connectivity index (χ3v) is 3.07. The van der Waals surface area contributed by atoms with E-state index in [-0.39, 0.29) is 30.6 Å². The number of hydrogen-bond donors (Lipinski definition) is 3.